The molecule has 0 unspecified atom stereocenters. The molecule has 0 aliphatic carbocycles. The normalized spacial score (nSPS) is 10.6. The molecule has 0 radical (unpaired) electrons. The SMILES string of the molecule is Cc1ccccc1Nc1nc(N)nc(COC(=O)Cc2coc(-c3ccccc3)n2)n1. The van der Waals surface area contributed by atoms with Gasteiger partial charge in [-0.3, -0.25) is 4.79 Å². The molecule has 2 aromatic carbocycles. The molecule has 9 nitrogen and oxygen atoms in total. The van der Waals surface area contributed by atoms with Crippen LogP contribution >= 0.6 is 0 Å². The maximum Gasteiger partial charge on any atom is 0.312 e. The summed E-state index contributed by atoms with van der Waals surface area (Å²) in [5.74, 6) is 0.501. The number of nitrogen functional groups attached to an aromatic ring is 1. The Labute approximate surface area is 178 Å². The van der Waals surface area contributed by atoms with E-state index in [1.54, 1.807) is 0 Å². The molecular weight excluding hydrogens is 396 g/mol. The largest absolute Gasteiger partial charge is 0.457 e. The van der Waals surface area contributed by atoms with Crippen LogP contribution in [0.2, 0.25) is 0 Å². The zero-order chi connectivity index (χ0) is 21.6. The quantitative estimate of drug-likeness (QED) is 0.435. The fourth-order valence-corrected chi connectivity index (χ4v) is 2.84. The molecule has 0 amide bonds. The number of benzene rings is 2. The predicted molar refractivity (Wildman–Crippen MR) is 114 cm³/mol. The van der Waals surface area contributed by atoms with Gasteiger partial charge in [0.15, 0.2) is 12.4 Å². The number of aryl methyl sites for hydroxylation is 1. The monoisotopic (exact) mass is 416 g/mol. The summed E-state index contributed by atoms with van der Waals surface area (Å²) in [5, 5.41) is 3.09. The van der Waals surface area contributed by atoms with Crippen molar-refractivity contribution in [3.63, 3.8) is 0 Å². The van der Waals surface area contributed by atoms with E-state index in [1.807, 2.05) is 61.5 Å². The van der Waals surface area contributed by atoms with Crippen molar-refractivity contribution < 1.29 is 13.9 Å². The van der Waals surface area contributed by atoms with E-state index in [2.05, 4.69) is 25.3 Å². The molecule has 0 atom stereocenters. The van der Waals surface area contributed by atoms with Gasteiger partial charge >= 0.3 is 5.97 Å². The Kier molecular flexibility index (Phi) is 5.84. The fourth-order valence-electron chi connectivity index (χ4n) is 2.84. The van der Waals surface area contributed by atoms with Gasteiger partial charge in [0.05, 0.1) is 12.1 Å². The van der Waals surface area contributed by atoms with E-state index in [4.69, 9.17) is 14.9 Å². The average molecular weight is 416 g/mol. The van der Waals surface area contributed by atoms with Crippen molar-refractivity contribution in [2.75, 3.05) is 11.1 Å². The highest BCUT2D eigenvalue weighted by Crippen LogP contribution is 2.19. The van der Waals surface area contributed by atoms with Gasteiger partial charge in [-0.15, -0.1) is 0 Å². The molecule has 0 spiro atoms. The molecule has 4 rings (SSSR count). The van der Waals surface area contributed by atoms with Crippen LogP contribution in [-0.4, -0.2) is 25.9 Å². The summed E-state index contributed by atoms with van der Waals surface area (Å²) < 4.78 is 10.7. The van der Waals surface area contributed by atoms with Crippen molar-refractivity contribution in [3.8, 4) is 11.5 Å². The van der Waals surface area contributed by atoms with E-state index >= 15 is 0 Å². The maximum atomic E-state index is 12.2. The van der Waals surface area contributed by atoms with Crippen molar-refractivity contribution in [1.29, 1.82) is 0 Å². The minimum Gasteiger partial charge on any atom is -0.457 e. The van der Waals surface area contributed by atoms with Gasteiger partial charge in [0.1, 0.15) is 6.26 Å². The van der Waals surface area contributed by atoms with Gasteiger partial charge in [-0.25, -0.2) is 4.98 Å². The molecule has 0 fully saturated rings. The molecule has 0 bridgehead atoms. The number of nitrogens with two attached hydrogens (primary N) is 1. The molecule has 2 heterocycles. The fraction of sp³-hybridized carbons (Fsp3) is 0.136. The molecule has 2 aromatic heterocycles. The standard InChI is InChI=1S/C22H20N6O3/c1-14-7-5-6-10-17(14)25-22-27-18(26-21(23)28-22)13-30-19(29)11-16-12-31-20(24-16)15-8-3-2-4-9-15/h2-10,12H,11,13H2,1H3,(H3,23,25,26,27,28). The third-order valence-corrected chi connectivity index (χ3v) is 4.35. The number of nitrogens with one attached hydrogen (secondary N) is 1. The number of rotatable bonds is 7. The number of anilines is 3. The first-order valence-electron chi connectivity index (χ1n) is 9.55. The molecular formula is C22H20N6O3. The van der Waals surface area contributed by atoms with Crippen LogP contribution in [0.25, 0.3) is 11.5 Å². The molecule has 156 valence electrons. The Morgan fingerprint density at radius 3 is 2.61 bits per heavy atom. The number of nitrogens with zero attached hydrogens (tertiary/aromatic N) is 4. The summed E-state index contributed by atoms with van der Waals surface area (Å²) in [6.07, 6.45) is 1.40. The lowest BCUT2D eigenvalue weighted by molar-refractivity contribution is -0.144. The van der Waals surface area contributed by atoms with Gasteiger partial charge in [0.25, 0.3) is 0 Å². The van der Waals surface area contributed by atoms with Crippen LogP contribution in [0, 0.1) is 6.92 Å². The average Bonchev–Trinajstić information content (AvgIpc) is 3.23. The molecule has 3 N–H and O–H groups in total. The number of hydrogen-bond donors (Lipinski definition) is 2. The molecule has 0 aliphatic rings. The van der Waals surface area contributed by atoms with Crippen molar-refractivity contribution in [3.05, 3.63) is 77.9 Å². The van der Waals surface area contributed by atoms with Crippen LogP contribution in [0.15, 0.2) is 65.3 Å². The molecule has 0 saturated heterocycles. The second-order valence-corrected chi connectivity index (χ2v) is 6.72. The number of para-hydroxylation sites is 1. The van der Waals surface area contributed by atoms with Crippen molar-refractivity contribution >= 4 is 23.6 Å². The second kappa shape index (κ2) is 9.04. The third-order valence-electron chi connectivity index (χ3n) is 4.35. The summed E-state index contributed by atoms with van der Waals surface area (Å²) in [6.45, 7) is 1.82. The summed E-state index contributed by atoms with van der Waals surface area (Å²) in [4.78, 5) is 28.9. The Morgan fingerprint density at radius 1 is 1.03 bits per heavy atom. The van der Waals surface area contributed by atoms with E-state index in [1.165, 1.54) is 6.26 Å². The lowest BCUT2D eigenvalue weighted by atomic mass is 10.2. The number of aromatic nitrogens is 4. The lowest BCUT2D eigenvalue weighted by Gasteiger charge is -2.09. The highest BCUT2D eigenvalue weighted by Gasteiger charge is 2.13. The van der Waals surface area contributed by atoms with Gasteiger partial charge in [0, 0.05) is 11.3 Å². The van der Waals surface area contributed by atoms with E-state index in [9.17, 15) is 4.79 Å². The smallest absolute Gasteiger partial charge is 0.312 e. The van der Waals surface area contributed by atoms with Crippen LogP contribution in [0.5, 0.6) is 0 Å². The van der Waals surface area contributed by atoms with Gasteiger partial charge in [-0.1, -0.05) is 36.4 Å². The topological polar surface area (TPSA) is 129 Å². The highest BCUT2D eigenvalue weighted by molar-refractivity contribution is 5.72. The van der Waals surface area contributed by atoms with Gasteiger partial charge in [-0.05, 0) is 30.7 Å². The molecule has 9 heteroatoms. The number of hydrogen-bond acceptors (Lipinski definition) is 9. The number of oxazole rings is 1. The minimum absolute atomic E-state index is 0.0288. The Morgan fingerprint density at radius 2 is 1.81 bits per heavy atom. The van der Waals surface area contributed by atoms with E-state index in [-0.39, 0.29) is 30.7 Å². The Balaban J connectivity index is 1.37. The maximum absolute atomic E-state index is 12.2. The molecule has 0 aliphatic heterocycles. The van der Waals surface area contributed by atoms with Gasteiger partial charge in [-0.2, -0.15) is 15.0 Å². The van der Waals surface area contributed by atoms with E-state index < -0.39 is 5.97 Å². The summed E-state index contributed by atoms with van der Waals surface area (Å²) in [7, 11) is 0. The van der Waals surface area contributed by atoms with Crippen LogP contribution in [0.3, 0.4) is 0 Å². The summed E-state index contributed by atoms with van der Waals surface area (Å²) >= 11 is 0. The zero-order valence-electron chi connectivity index (χ0n) is 16.8. The summed E-state index contributed by atoms with van der Waals surface area (Å²) in [6, 6.07) is 17.1. The third kappa shape index (κ3) is 5.21. The number of esters is 1. The number of carbonyl (C=O) groups is 1. The highest BCUT2D eigenvalue weighted by atomic mass is 16.5. The first-order valence-corrected chi connectivity index (χ1v) is 9.55. The van der Waals surface area contributed by atoms with Crippen LogP contribution in [0.4, 0.5) is 17.6 Å². The van der Waals surface area contributed by atoms with Gasteiger partial charge in [0.2, 0.25) is 17.8 Å². The van der Waals surface area contributed by atoms with Crippen LogP contribution in [0.1, 0.15) is 17.1 Å². The second-order valence-electron chi connectivity index (χ2n) is 6.72. The Bertz CT molecular complexity index is 1190. The number of ether oxygens (including phenoxy) is 1. The van der Waals surface area contributed by atoms with Crippen LogP contribution < -0.4 is 11.1 Å². The van der Waals surface area contributed by atoms with Crippen molar-refractivity contribution in [2.24, 2.45) is 0 Å². The Hall–Kier alpha value is -4.27. The zero-order valence-corrected chi connectivity index (χ0v) is 16.8. The number of carbonyl (C=O) groups excluding carboxylic acids is 1. The van der Waals surface area contributed by atoms with E-state index in [0.717, 1.165) is 16.8 Å². The molecule has 4 aromatic rings. The molecule has 0 saturated carbocycles. The minimum atomic E-state index is -0.486. The predicted octanol–water partition coefficient (Wildman–Crippen LogP) is 3.45. The van der Waals surface area contributed by atoms with Crippen molar-refractivity contribution in [1.82, 2.24) is 19.9 Å². The van der Waals surface area contributed by atoms with E-state index in [0.29, 0.717) is 11.6 Å². The lowest BCUT2D eigenvalue weighted by Crippen LogP contribution is -2.12. The molecule has 31 heavy (non-hydrogen) atoms. The summed E-state index contributed by atoms with van der Waals surface area (Å²) in [5.41, 5.74) is 8.95. The first-order chi connectivity index (χ1) is 15.1. The first kappa shape index (κ1) is 20.0. The van der Waals surface area contributed by atoms with Gasteiger partial charge < -0.3 is 20.2 Å². The van der Waals surface area contributed by atoms with Crippen LogP contribution in [-0.2, 0) is 22.6 Å². The van der Waals surface area contributed by atoms with Crippen molar-refractivity contribution in [2.45, 2.75) is 20.0 Å².